The lowest BCUT2D eigenvalue weighted by Crippen LogP contribution is -2.27. The third-order valence-corrected chi connectivity index (χ3v) is 3.34. The van der Waals surface area contributed by atoms with Crippen LogP contribution in [0.2, 0.25) is 0 Å². The molecular formula is C16H22N4O. The summed E-state index contributed by atoms with van der Waals surface area (Å²) in [6.07, 6.45) is 2.56. The molecule has 0 bridgehead atoms. The Morgan fingerprint density at radius 1 is 1.24 bits per heavy atom. The van der Waals surface area contributed by atoms with Crippen molar-refractivity contribution in [3.63, 3.8) is 0 Å². The topological polar surface area (TPSA) is 57.3 Å². The van der Waals surface area contributed by atoms with Crippen molar-refractivity contribution in [3.05, 3.63) is 36.0 Å². The molecule has 1 aromatic carbocycles. The summed E-state index contributed by atoms with van der Waals surface area (Å²) >= 11 is 0. The zero-order chi connectivity index (χ0) is 15.2. The van der Waals surface area contributed by atoms with Gasteiger partial charge in [0.1, 0.15) is 5.82 Å². The number of pyridine rings is 1. The number of carbonyl (C=O) groups excluding carboxylic acids is 1. The molecule has 5 heteroatoms. The van der Waals surface area contributed by atoms with Gasteiger partial charge in [0, 0.05) is 25.2 Å². The van der Waals surface area contributed by atoms with E-state index in [-0.39, 0.29) is 5.91 Å². The zero-order valence-electron chi connectivity index (χ0n) is 12.8. The summed E-state index contributed by atoms with van der Waals surface area (Å²) in [4.78, 5) is 18.7. The van der Waals surface area contributed by atoms with E-state index in [1.54, 1.807) is 6.20 Å². The van der Waals surface area contributed by atoms with Crippen molar-refractivity contribution in [2.45, 2.75) is 6.42 Å². The van der Waals surface area contributed by atoms with Gasteiger partial charge in [0.15, 0.2) is 0 Å². The maximum absolute atomic E-state index is 12.3. The van der Waals surface area contributed by atoms with E-state index < -0.39 is 0 Å². The highest BCUT2D eigenvalue weighted by Gasteiger charge is 2.12. The van der Waals surface area contributed by atoms with Gasteiger partial charge in [0.25, 0.3) is 5.91 Å². The van der Waals surface area contributed by atoms with Crippen LogP contribution in [0.5, 0.6) is 0 Å². The van der Waals surface area contributed by atoms with Gasteiger partial charge < -0.3 is 15.5 Å². The standard InChI is InChI=1S/C16H22N4O/c1-17-15-13-8-5-4-7-12(13)14(11-19-15)16(21)18-9-6-10-20(2)3/h4-5,7-8,11H,6,9-10H2,1-3H3,(H,17,19)(H,18,21). The molecular weight excluding hydrogens is 264 g/mol. The fraction of sp³-hybridized carbons (Fsp3) is 0.375. The van der Waals surface area contributed by atoms with E-state index in [4.69, 9.17) is 0 Å². The fourth-order valence-electron chi connectivity index (χ4n) is 2.27. The number of anilines is 1. The van der Waals surface area contributed by atoms with E-state index in [2.05, 4.69) is 20.5 Å². The molecule has 0 aliphatic carbocycles. The molecule has 0 radical (unpaired) electrons. The second-order valence-corrected chi connectivity index (χ2v) is 5.23. The number of nitrogens with one attached hydrogen (secondary N) is 2. The summed E-state index contributed by atoms with van der Waals surface area (Å²) < 4.78 is 0. The van der Waals surface area contributed by atoms with Crippen LogP contribution >= 0.6 is 0 Å². The maximum atomic E-state index is 12.3. The summed E-state index contributed by atoms with van der Waals surface area (Å²) in [6, 6.07) is 7.80. The fourth-order valence-corrected chi connectivity index (χ4v) is 2.27. The van der Waals surface area contributed by atoms with Crippen molar-refractivity contribution in [2.75, 3.05) is 39.5 Å². The van der Waals surface area contributed by atoms with E-state index in [9.17, 15) is 4.79 Å². The van der Waals surface area contributed by atoms with Crippen molar-refractivity contribution < 1.29 is 4.79 Å². The number of benzene rings is 1. The Morgan fingerprint density at radius 2 is 1.95 bits per heavy atom. The first-order chi connectivity index (χ1) is 10.1. The van der Waals surface area contributed by atoms with Gasteiger partial charge in [-0.1, -0.05) is 24.3 Å². The lowest BCUT2D eigenvalue weighted by molar-refractivity contribution is 0.0953. The van der Waals surface area contributed by atoms with Gasteiger partial charge in [-0.05, 0) is 32.4 Å². The number of hydrogen-bond acceptors (Lipinski definition) is 4. The van der Waals surface area contributed by atoms with Gasteiger partial charge >= 0.3 is 0 Å². The first-order valence-electron chi connectivity index (χ1n) is 7.12. The van der Waals surface area contributed by atoms with Gasteiger partial charge in [0.05, 0.1) is 5.56 Å². The molecule has 0 saturated heterocycles. The smallest absolute Gasteiger partial charge is 0.253 e. The van der Waals surface area contributed by atoms with Crippen LogP contribution in [0, 0.1) is 0 Å². The van der Waals surface area contributed by atoms with E-state index in [0.717, 1.165) is 29.6 Å². The van der Waals surface area contributed by atoms with Gasteiger partial charge in [-0.2, -0.15) is 0 Å². The van der Waals surface area contributed by atoms with Crippen molar-refractivity contribution in [2.24, 2.45) is 0 Å². The summed E-state index contributed by atoms with van der Waals surface area (Å²) in [5.41, 5.74) is 0.620. The molecule has 2 N–H and O–H groups in total. The number of fused-ring (bicyclic) bond motifs is 1. The van der Waals surface area contributed by atoms with Crippen LogP contribution in [-0.4, -0.2) is 50.0 Å². The van der Waals surface area contributed by atoms with Crippen LogP contribution in [0.15, 0.2) is 30.5 Å². The van der Waals surface area contributed by atoms with Crippen molar-refractivity contribution >= 4 is 22.5 Å². The highest BCUT2D eigenvalue weighted by Crippen LogP contribution is 2.23. The van der Waals surface area contributed by atoms with Gasteiger partial charge in [-0.25, -0.2) is 4.98 Å². The normalized spacial score (nSPS) is 10.9. The number of amides is 1. The van der Waals surface area contributed by atoms with Gasteiger partial charge in [-0.15, -0.1) is 0 Å². The summed E-state index contributed by atoms with van der Waals surface area (Å²) in [7, 11) is 5.88. The Labute approximate surface area is 125 Å². The molecule has 1 heterocycles. The quantitative estimate of drug-likeness (QED) is 0.797. The van der Waals surface area contributed by atoms with Gasteiger partial charge in [0.2, 0.25) is 0 Å². The Hall–Kier alpha value is -2.14. The van der Waals surface area contributed by atoms with Crippen LogP contribution in [0.1, 0.15) is 16.8 Å². The number of aromatic nitrogens is 1. The molecule has 0 unspecified atom stereocenters. The monoisotopic (exact) mass is 286 g/mol. The summed E-state index contributed by atoms with van der Waals surface area (Å²) in [6.45, 7) is 1.62. The molecule has 2 aromatic rings. The molecule has 0 aliphatic rings. The lowest BCUT2D eigenvalue weighted by Gasteiger charge is -2.12. The molecule has 0 fully saturated rings. The predicted octanol–water partition coefficient (Wildman–Crippen LogP) is 1.96. The zero-order valence-corrected chi connectivity index (χ0v) is 12.8. The predicted molar refractivity (Wildman–Crippen MR) is 86.8 cm³/mol. The Kier molecular flexibility index (Phi) is 5.11. The molecule has 1 amide bonds. The number of rotatable bonds is 6. The summed E-state index contributed by atoms with van der Waals surface area (Å²) in [5, 5.41) is 7.89. The molecule has 21 heavy (non-hydrogen) atoms. The Morgan fingerprint density at radius 3 is 2.62 bits per heavy atom. The van der Waals surface area contributed by atoms with Crippen LogP contribution < -0.4 is 10.6 Å². The first-order valence-corrected chi connectivity index (χ1v) is 7.12. The van der Waals surface area contributed by atoms with Crippen LogP contribution in [-0.2, 0) is 0 Å². The van der Waals surface area contributed by atoms with Crippen LogP contribution in [0.3, 0.4) is 0 Å². The minimum Gasteiger partial charge on any atom is -0.373 e. The van der Waals surface area contributed by atoms with Crippen molar-refractivity contribution in [1.82, 2.24) is 15.2 Å². The molecule has 0 atom stereocenters. The average Bonchev–Trinajstić information content (AvgIpc) is 2.50. The number of hydrogen-bond donors (Lipinski definition) is 2. The highest BCUT2D eigenvalue weighted by molar-refractivity contribution is 6.09. The average molecular weight is 286 g/mol. The SMILES string of the molecule is CNc1ncc(C(=O)NCCCN(C)C)c2ccccc12. The highest BCUT2D eigenvalue weighted by atomic mass is 16.1. The Balaban J connectivity index is 2.16. The van der Waals surface area contributed by atoms with E-state index >= 15 is 0 Å². The van der Waals surface area contributed by atoms with Crippen molar-refractivity contribution in [3.8, 4) is 0 Å². The maximum Gasteiger partial charge on any atom is 0.253 e. The van der Waals surface area contributed by atoms with Crippen LogP contribution in [0.25, 0.3) is 10.8 Å². The van der Waals surface area contributed by atoms with E-state index in [1.165, 1.54) is 0 Å². The minimum atomic E-state index is -0.0693. The minimum absolute atomic E-state index is 0.0693. The van der Waals surface area contributed by atoms with E-state index in [1.807, 2.05) is 45.4 Å². The molecule has 1 aromatic heterocycles. The second-order valence-electron chi connectivity index (χ2n) is 5.23. The second kappa shape index (κ2) is 7.04. The van der Waals surface area contributed by atoms with Crippen molar-refractivity contribution in [1.29, 1.82) is 0 Å². The first kappa shape index (κ1) is 15.3. The number of carbonyl (C=O) groups is 1. The van der Waals surface area contributed by atoms with E-state index in [0.29, 0.717) is 12.1 Å². The Bertz CT molecular complexity index is 625. The lowest BCUT2D eigenvalue weighted by atomic mass is 10.1. The molecule has 112 valence electrons. The third kappa shape index (κ3) is 3.70. The molecule has 0 spiro atoms. The molecule has 5 nitrogen and oxygen atoms in total. The van der Waals surface area contributed by atoms with Gasteiger partial charge in [-0.3, -0.25) is 4.79 Å². The molecule has 0 saturated carbocycles. The summed E-state index contributed by atoms with van der Waals surface area (Å²) in [5.74, 6) is 0.717. The molecule has 0 aliphatic heterocycles. The number of nitrogens with zero attached hydrogens (tertiary/aromatic N) is 2. The largest absolute Gasteiger partial charge is 0.373 e. The van der Waals surface area contributed by atoms with Crippen LogP contribution in [0.4, 0.5) is 5.82 Å². The molecule has 2 rings (SSSR count). The third-order valence-electron chi connectivity index (χ3n) is 3.34.